The number of H-pyrrole nitrogens is 1. The highest BCUT2D eigenvalue weighted by atomic mass is 79.9. The van der Waals surface area contributed by atoms with Crippen molar-refractivity contribution in [1.82, 2.24) is 20.1 Å². The minimum absolute atomic E-state index is 0.0305. The summed E-state index contributed by atoms with van der Waals surface area (Å²) in [6.07, 6.45) is 0.986. The van der Waals surface area contributed by atoms with Crippen molar-refractivity contribution >= 4 is 44.5 Å². The van der Waals surface area contributed by atoms with Crippen LogP contribution in [0.2, 0.25) is 0 Å². The molecule has 0 atom stereocenters. The lowest BCUT2D eigenvalue weighted by molar-refractivity contribution is -0.118. The predicted octanol–water partition coefficient (Wildman–Crippen LogP) is 4.98. The molecule has 0 bridgehead atoms. The molecule has 1 saturated heterocycles. The number of alkyl halides is 1. The Hall–Kier alpha value is -1.22. The number of aromatic nitrogens is 1. The number of hydrogen-bond acceptors (Lipinski definition) is 5. The molecule has 1 aromatic carbocycles. The summed E-state index contributed by atoms with van der Waals surface area (Å²) < 4.78 is 0.0973. The van der Waals surface area contributed by atoms with E-state index in [9.17, 15) is 9.90 Å². The zero-order chi connectivity index (χ0) is 25.1. The first-order valence-electron chi connectivity index (χ1n) is 12.2. The SMILES string of the molecule is CC(C)(C)Cc1c(SC(C)(C)C)[nH]c2c(CN3CCN(CCNC(=O)CBr)CC3)c(O)ccc12. The second kappa shape index (κ2) is 11.2. The van der Waals surface area contributed by atoms with Crippen molar-refractivity contribution in [3.63, 3.8) is 0 Å². The van der Waals surface area contributed by atoms with Crippen molar-refractivity contribution in [1.29, 1.82) is 0 Å². The lowest BCUT2D eigenvalue weighted by Crippen LogP contribution is -2.48. The molecule has 1 aliphatic rings. The maximum absolute atomic E-state index is 11.4. The number of nitrogens with zero attached hydrogens (tertiary/aromatic N) is 2. The van der Waals surface area contributed by atoms with E-state index in [1.165, 1.54) is 16.0 Å². The summed E-state index contributed by atoms with van der Waals surface area (Å²) in [5.41, 5.74) is 3.60. The molecular formula is C26H41BrN4O2S. The molecule has 1 aliphatic heterocycles. The number of nitrogens with one attached hydrogen (secondary N) is 2. The first kappa shape index (κ1) is 27.4. The van der Waals surface area contributed by atoms with Crippen molar-refractivity contribution in [3.8, 4) is 5.75 Å². The van der Waals surface area contributed by atoms with Gasteiger partial charge in [-0.25, -0.2) is 0 Å². The Balaban J connectivity index is 1.77. The molecule has 190 valence electrons. The van der Waals surface area contributed by atoms with Crippen LogP contribution < -0.4 is 5.32 Å². The van der Waals surface area contributed by atoms with Crippen LogP contribution in [0.3, 0.4) is 0 Å². The third kappa shape index (κ3) is 7.64. The number of phenols is 1. The number of phenolic OH excluding ortho intramolecular Hbond substituents is 1. The van der Waals surface area contributed by atoms with Crippen LogP contribution in [0, 0.1) is 5.41 Å². The van der Waals surface area contributed by atoms with Gasteiger partial charge in [0.05, 0.1) is 15.9 Å². The summed E-state index contributed by atoms with van der Waals surface area (Å²) in [6, 6.07) is 3.95. The number of benzene rings is 1. The summed E-state index contributed by atoms with van der Waals surface area (Å²) in [6.45, 7) is 19.7. The average molecular weight is 554 g/mol. The molecule has 3 rings (SSSR count). The Morgan fingerprint density at radius 1 is 1.09 bits per heavy atom. The van der Waals surface area contributed by atoms with E-state index in [1.807, 2.05) is 17.8 Å². The molecule has 1 aromatic heterocycles. The van der Waals surface area contributed by atoms with E-state index in [1.54, 1.807) is 0 Å². The first-order valence-corrected chi connectivity index (χ1v) is 14.1. The third-order valence-corrected chi connectivity index (χ3v) is 7.63. The number of fused-ring (bicyclic) bond motifs is 1. The minimum Gasteiger partial charge on any atom is -0.508 e. The normalized spacial score (nSPS) is 16.3. The fraction of sp³-hybridized carbons (Fsp3) is 0.654. The Morgan fingerprint density at radius 2 is 1.74 bits per heavy atom. The van der Waals surface area contributed by atoms with Gasteiger partial charge in [0.25, 0.3) is 0 Å². The van der Waals surface area contributed by atoms with Crippen LogP contribution in [0.4, 0.5) is 0 Å². The first-order chi connectivity index (χ1) is 15.9. The highest BCUT2D eigenvalue weighted by molar-refractivity contribution is 9.09. The number of aromatic hydroxyl groups is 1. The highest BCUT2D eigenvalue weighted by Crippen LogP contribution is 2.42. The molecule has 3 N–H and O–H groups in total. The summed E-state index contributed by atoms with van der Waals surface area (Å²) >= 11 is 5.06. The number of thioether (sulfide) groups is 1. The van der Waals surface area contributed by atoms with E-state index in [-0.39, 0.29) is 16.1 Å². The van der Waals surface area contributed by atoms with Crippen LogP contribution in [0.1, 0.15) is 52.7 Å². The molecule has 0 spiro atoms. The van der Waals surface area contributed by atoms with Gasteiger partial charge in [-0.3, -0.25) is 14.6 Å². The number of carbonyl (C=O) groups excluding carboxylic acids is 1. The molecule has 8 heteroatoms. The summed E-state index contributed by atoms with van der Waals surface area (Å²) in [4.78, 5) is 19.9. The van der Waals surface area contributed by atoms with E-state index < -0.39 is 0 Å². The van der Waals surface area contributed by atoms with Crippen LogP contribution in [0.25, 0.3) is 10.9 Å². The van der Waals surface area contributed by atoms with Crippen LogP contribution >= 0.6 is 27.7 Å². The lowest BCUT2D eigenvalue weighted by atomic mass is 9.88. The van der Waals surface area contributed by atoms with Gasteiger partial charge in [-0.05, 0) is 29.5 Å². The number of amides is 1. The maximum atomic E-state index is 11.4. The van der Waals surface area contributed by atoms with Crippen molar-refractivity contribution < 1.29 is 9.90 Å². The second-order valence-electron chi connectivity index (χ2n) is 11.5. The average Bonchev–Trinajstić information content (AvgIpc) is 3.05. The number of hydrogen-bond donors (Lipinski definition) is 3. The topological polar surface area (TPSA) is 71.6 Å². The van der Waals surface area contributed by atoms with E-state index in [2.05, 4.69) is 83.6 Å². The molecule has 2 heterocycles. The molecule has 2 aromatic rings. The van der Waals surface area contributed by atoms with Crippen LogP contribution in [-0.2, 0) is 17.8 Å². The number of halogens is 1. The molecule has 0 aliphatic carbocycles. The minimum atomic E-state index is 0.0305. The third-order valence-electron chi connectivity index (χ3n) is 5.96. The Labute approximate surface area is 217 Å². The molecule has 0 saturated carbocycles. The molecule has 1 fully saturated rings. The van der Waals surface area contributed by atoms with Crippen LogP contribution in [0.15, 0.2) is 17.2 Å². The number of carbonyl (C=O) groups is 1. The number of rotatable bonds is 8. The summed E-state index contributed by atoms with van der Waals surface area (Å²) in [5.74, 6) is 0.395. The Bertz CT molecular complexity index is 985. The zero-order valence-electron chi connectivity index (χ0n) is 21.6. The van der Waals surface area contributed by atoms with Crippen molar-refractivity contribution in [3.05, 3.63) is 23.3 Å². The van der Waals surface area contributed by atoms with Crippen molar-refractivity contribution in [2.75, 3.05) is 44.6 Å². The zero-order valence-corrected chi connectivity index (χ0v) is 24.0. The smallest absolute Gasteiger partial charge is 0.230 e. The van der Waals surface area contributed by atoms with E-state index in [4.69, 9.17) is 0 Å². The van der Waals surface area contributed by atoms with Gasteiger partial charge in [0.1, 0.15) is 5.75 Å². The number of aromatic amines is 1. The summed E-state index contributed by atoms with van der Waals surface area (Å²) in [5, 5.41) is 16.6. The van der Waals surface area contributed by atoms with Gasteiger partial charge < -0.3 is 15.4 Å². The Morgan fingerprint density at radius 3 is 2.32 bits per heavy atom. The molecule has 34 heavy (non-hydrogen) atoms. The van der Waals surface area contributed by atoms with E-state index >= 15 is 0 Å². The fourth-order valence-electron chi connectivity index (χ4n) is 4.40. The second-order valence-corrected chi connectivity index (χ2v) is 13.9. The highest BCUT2D eigenvalue weighted by Gasteiger charge is 2.26. The van der Waals surface area contributed by atoms with Gasteiger partial charge in [0.2, 0.25) is 5.91 Å². The standard InChI is InChI=1S/C26H41BrN4O2S/c1-25(2,3)15-19-18-7-8-21(32)20(23(18)29-24(19)34-26(4,5)6)17-31-13-11-30(12-14-31)10-9-28-22(33)16-27/h7-8,29,32H,9-17H2,1-6H3,(H,28,33). The van der Waals surface area contributed by atoms with Gasteiger partial charge in [-0.2, -0.15) is 0 Å². The Kier molecular flexibility index (Phi) is 9.04. The molecule has 0 radical (unpaired) electrons. The molecule has 0 unspecified atom stereocenters. The largest absolute Gasteiger partial charge is 0.508 e. The maximum Gasteiger partial charge on any atom is 0.230 e. The molecular weight excluding hydrogens is 512 g/mol. The summed E-state index contributed by atoms with van der Waals surface area (Å²) in [7, 11) is 0. The van der Waals surface area contributed by atoms with Gasteiger partial charge in [0, 0.05) is 61.5 Å². The monoisotopic (exact) mass is 552 g/mol. The van der Waals surface area contributed by atoms with Gasteiger partial charge in [-0.15, -0.1) is 11.8 Å². The lowest BCUT2D eigenvalue weighted by Gasteiger charge is -2.34. The van der Waals surface area contributed by atoms with Crippen molar-refractivity contribution in [2.24, 2.45) is 5.41 Å². The van der Waals surface area contributed by atoms with E-state index in [0.29, 0.717) is 17.6 Å². The van der Waals surface area contributed by atoms with Gasteiger partial charge in [-0.1, -0.05) is 57.5 Å². The van der Waals surface area contributed by atoms with Gasteiger partial charge in [0.15, 0.2) is 0 Å². The molecule has 6 nitrogen and oxygen atoms in total. The molecule has 1 amide bonds. The van der Waals surface area contributed by atoms with E-state index in [0.717, 1.165) is 56.8 Å². The van der Waals surface area contributed by atoms with Crippen LogP contribution in [-0.4, -0.2) is 75.1 Å². The quantitative estimate of drug-likeness (QED) is 0.318. The van der Waals surface area contributed by atoms with Crippen LogP contribution in [0.5, 0.6) is 5.75 Å². The fourth-order valence-corrected chi connectivity index (χ4v) is 5.67. The number of piperazine rings is 1. The predicted molar refractivity (Wildman–Crippen MR) is 147 cm³/mol. The van der Waals surface area contributed by atoms with Crippen molar-refractivity contribution in [2.45, 2.75) is 64.3 Å². The van der Waals surface area contributed by atoms with Gasteiger partial charge >= 0.3 is 0 Å².